The normalized spacial score (nSPS) is 9.94. The van der Waals surface area contributed by atoms with Gasteiger partial charge < -0.3 is 0 Å². The van der Waals surface area contributed by atoms with E-state index < -0.39 is 0 Å². The van der Waals surface area contributed by atoms with E-state index in [9.17, 15) is 0 Å². The van der Waals surface area contributed by atoms with E-state index in [-0.39, 0.29) is 0 Å². The van der Waals surface area contributed by atoms with Gasteiger partial charge >= 0.3 is 0 Å². The van der Waals surface area contributed by atoms with Gasteiger partial charge in [-0.25, -0.2) is 4.98 Å². The molecule has 0 unspecified atom stereocenters. The summed E-state index contributed by atoms with van der Waals surface area (Å²) in [6, 6.07) is 8.29. The molecule has 2 rings (SSSR count). The Kier molecular flexibility index (Phi) is 8.38. The van der Waals surface area contributed by atoms with Gasteiger partial charge in [-0.15, -0.1) is 11.3 Å². The van der Waals surface area contributed by atoms with Gasteiger partial charge in [-0.3, -0.25) is 0 Å². The number of alkyl halides is 2. The molecule has 18 heavy (non-hydrogen) atoms. The summed E-state index contributed by atoms with van der Waals surface area (Å²) in [5, 5.41) is 1.23. The van der Waals surface area contributed by atoms with E-state index >= 15 is 0 Å². The molecular formula is C13H12I3NS. The molecule has 0 amide bonds. The first-order valence-corrected chi connectivity index (χ1v) is 9.68. The molecule has 1 aromatic carbocycles. The minimum absolute atomic E-state index is 0.470. The summed E-state index contributed by atoms with van der Waals surface area (Å²) in [4.78, 5) is 4.53. The number of hydrogen-bond donors (Lipinski definition) is 0. The van der Waals surface area contributed by atoms with Gasteiger partial charge in [-0.05, 0) is 16.1 Å². The van der Waals surface area contributed by atoms with Crippen molar-refractivity contribution in [3.8, 4) is 9.85 Å². The zero-order valence-electron chi connectivity index (χ0n) is 9.95. The van der Waals surface area contributed by atoms with Crippen molar-refractivity contribution in [1.82, 2.24) is 4.98 Å². The number of aromatic nitrogens is 1. The monoisotopic (exact) mass is 595 g/mol. The van der Waals surface area contributed by atoms with Gasteiger partial charge in [0.15, 0.2) is 0 Å². The smallest absolute Gasteiger partial charge is 0.124 e. The number of halogens is 3. The molecule has 0 atom stereocenters. The summed E-state index contributed by atoms with van der Waals surface area (Å²) < 4.78 is 4.53. The second-order valence-corrected chi connectivity index (χ2v) is 10.2. The van der Waals surface area contributed by atoms with Crippen LogP contribution in [0.15, 0.2) is 24.3 Å². The zero-order chi connectivity index (χ0) is 13.5. The summed E-state index contributed by atoms with van der Waals surface area (Å²) in [5.41, 5.74) is 1.13. The maximum absolute atomic E-state index is 4.53. The van der Waals surface area contributed by atoms with Crippen LogP contribution < -0.4 is 0 Å². The highest BCUT2D eigenvalue weighted by Gasteiger charge is 2.05. The van der Waals surface area contributed by atoms with E-state index in [1.54, 1.807) is 11.3 Å². The van der Waals surface area contributed by atoms with Crippen molar-refractivity contribution in [3.63, 3.8) is 0 Å². The number of para-hydroxylation sites is 1. The Morgan fingerprint density at radius 3 is 2.33 bits per heavy atom. The molecule has 1 heterocycles. The topological polar surface area (TPSA) is 12.9 Å². The quantitative estimate of drug-likeness (QED) is 0.224. The number of fused-ring (bicyclic) bond motifs is 1. The molecule has 0 aliphatic rings. The van der Waals surface area contributed by atoms with Crippen LogP contribution in [0.3, 0.4) is 0 Å². The zero-order valence-corrected chi connectivity index (χ0v) is 17.2. The van der Waals surface area contributed by atoms with Crippen molar-refractivity contribution in [1.29, 1.82) is 0 Å². The molecule has 0 spiro atoms. The van der Waals surface area contributed by atoms with Crippen LogP contribution in [0.4, 0.5) is 0 Å². The first-order chi connectivity index (χ1) is 8.54. The predicted molar refractivity (Wildman–Crippen MR) is 107 cm³/mol. The fourth-order valence-corrected chi connectivity index (χ4v) is 3.96. The van der Waals surface area contributed by atoms with Crippen molar-refractivity contribution < 1.29 is 0 Å². The lowest BCUT2D eigenvalue weighted by molar-refractivity contribution is 0.857. The Morgan fingerprint density at radius 2 is 1.89 bits per heavy atom. The Hall–Kier alpha value is 0.860. The number of nitrogens with zero attached hydrogens (tertiary/aromatic N) is 1. The SMILES string of the molecule is CC(C)c1nc2ccccc2s1.IC#CC(I)I. The number of benzene rings is 1. The highest BCUT2D eigenvalue weighted by molar-refractivity contribution is 14.2. The molecule has 1 nitrogen and oxygen atoms in total. The van der Waals surface area contributed by atoms with Crippen LogP contribution in [-0.2, 0) is 0 Å². The second kappa shape index (κ2) is 8.92. The molecule has 0 N–H and O–H groups in total. The van der Waals surface area contributed by atoms with Crippen LogP contribution in [0.2, 0.25) is 0 Å². The number of rotatable bonds is 1. The molecule has 5 heteroatoms. The van der Waals surface area contributed by atoms with Gasteiger partial charge in [-0.2, -0.15) is 0 Å². The Labute approximate surface area is 153 Å². The summed E-state index contributed by atoms with van der Waals surface area (Å²) in [6.07, 6.45) is 0. The van der Waals surface area contributed by atoms with Crippen LogP contribution >= 0.6 is 79.1 Å². The lowest BCUT2D eigenvalue weighted by Crippen LogP contribution is -1.82. The molecule has 2 aromatic rings. The van der Waals surface area contributed by atoms with Gasteiger partial charge in [0.25, 0.3) is 0 Å². The average molecular weight is 595 g/mol. The highest BCUT2D eigenvalue weighted by atomic mass is 127. The van der Waals surface area contributed by atoms with Gasteiger partial charge in [-0.1, -0.05) is 77.1 Å². The van der Waals surface area contributed by atoms with Gasteiger partial charge in [0.05, 0.1) is 15.2 Å². The Morgan fingerprint density at radius 1 is 1.22 bits per heavy atom. The average Bonchev–Trinajstić information content (AvgIpc) is 2.73. The van der Waals surface area contributed by atoms with Crippen LogP contribution in [0.5, 0.6) is 0 Å². The van der Waals surface area contributed by atoms with E-state index in [4.69, 9.17) is 0 Å². The first kappa shape index (κ1) is 16.9. The molecule has 0 aliphatic heterocycles. The van der Waals surface area contributed by atoms with Crippen LogP contribution in [-0.4, -0.2) is 6.92 Å². The molecule has 0 bridgehead atoms. The number of hydrogen-bond acceptors (Lipinski definition) is 2. The molecule has 0 fully saturated rings. The lowest BCUT2D eigenvalue weighted by atomic mass is 10.2. The number of thiazole rings is 1. The van der Waals surface area contributed by atoms with Crippen molar-refractivity contribution in [2.24, 2.45) is 0 Å². The van der Waals surface area contributed by atoms with Crippen molar-refractivity contribution >= 4 is 89.3 Å². The summed E-state index contributed by atoms with van der Waals surface area (Å²) in [5.74, 6) is 3.46. The maximum atomic E-state index is 4.53. The maximum Gasteiger partial charge on any atom is 0.124 e. The molecule has 1 aromatic heterocycles. The summed E-state index contributed by atoms with van der Waals surface area (Å²) >= 11 is 8.33. The Balaban J connectivity index is 0.000000232. The molecule has 0 radical (unpaired) electrons. The third-order valence-corrected chi connectivity index (χ3v) is 4.24. The van der Waals surface area contributed by atoms with Crippen molar-refractivity contribution in [2.75, 3.05) is 0 Å². The largest absolute Gasteiger partial charge is 0.241 e. The summed E-state index contributed by atoms with van der Waals surface area (Å²) in [7, 11) is 0. The highest BCUT2D eigenvalue weighted by Crippen LogP contribution is 2.26. The van der Waals surface area contributed by atoms with E-state index in [1.165, 1.54) is 9.71 Å². The van der Waals surface area contributed by atoms with Crippen LogP contribution in [0.1, 0.15) is 24.8 Å². The van der Waals surface area contributed by atoms with E-state index in [0.29, 0.717) is 7.85 Å². The summed E-state index contributed by atoms with van der Waals surface area (Å²) in [6.45, 7) is 4.36. The van der Waals surface area contributed by atoms with Crippen LogP contribution in [0, 0.1) is 9.85 Å². The fourth-order valence-electron chi connectivity index (χ4n) is 1.18. The van der Waals surface area contributed by atoms with Crippen LogP contribution in [0.25, 0.3) is 10.2 Å². The Bertz CT molecular complexity index is 519. The molecule has 0 saturated carbocycles. The lowest BCUT2D eigenvalue weighted by Gasteiger charge is -1.94. The van der Waals surface area contributed by atoms with E-state index in [2.05, 4.69) is 92.1 Å². The predicted octanol–water partition coefficient (Wildman–Crippen LogP) is 6.00. The van der Waals surface area contributed by atoms with Gasteiger partial charge in [0.1, 0.15) is 1.93 Å². The third kappa shape index (κ3) is 5.88. The minimum atomic E-state index is 0.470. The molecule has 96 valence electrons. The fraction of sp³-hybridized carbons (Fsp3) is 0.308. The molecule has 0 aliphatic carbocycles. The van der Waals surface area contributed by atoms with Gasteiger partial charge in [0.2, 0.25) is 0 Å². The van der Waals surface area contributed by atoms with Gasteiger partial charge in [0, 0.05) is 28.5 Å². The van der Waals surface area contributed by atoms with E-state index in [0.717, 1.165) is 5.52 Å². The molecular weight excluding hydrogens is 583 g/mol. The third-order valence-electron chi connectivity index (χ3n) is 1.97. The first-order valence-electron chi connectivity index (χ1n) is 5.29. The minimum Gasteiger partial charge on any atom is -0.241 e. The van der Waals surface area contributed by atoms with Crippen molar-refractivity contribution in [2.45, 2.75) is 21.7 Å². The molecule has 0 saturated heterocycles. The standard InChI is InChI=1S/C10H11NS.C3HI3/c1-7(2)10-11-8-5-3-4-6-9(8)12-10;4-2-1-3(5)6/h3-7H,1-2H3;3H. The second-order valence-electron chi connectivity index (χ2n) is 3.71. The van der Waals surface area contributed by atoms with E-state index in [1.807, 2.05) is 28.7 Å². The van der Waals surface area contributed by atoms with Crippen molar-refractivity contribution in [3.05, 3.63) is 29.3 Å².